The molecule has 13 heteroatoms. The quantitative estimate of drug-likeness (QED) is 0.175. The molecule has 2 rings (SSSR count). The highest BCUT2D eigenvalue weighted by Gasteiger charge is 2.27. The summed E-state index contributed by atoms with van der Waals surface area (Å²) in [6.07, 6.45) is 3.13. The Hall–Kier alpha value is -3.58. The van der Waals surface area contributed by atoms with Crippen LogP contribution in [0, 0.1) is 0 Å². The molecule has 0 spiro atoms. The summed E-state index contributed by atoms with van der Waals surface area (Å²) in [7, 11) is 0. The molecule has 35 heavy (non-hydrogen) atoms. The van der Waals surface area contributed by atoms with Crippen molar-refractivity contribution in [1.29, 1.82) is 0 Å². The molecule has 1 aromatic carbocycles. The predicted octanol–water partition coefficient (Wildman–Crippen LogP) is -0.564. The Morgan fingerprint density at radius 3 is 2.43 bits per heavy atom. The Morgan fingerprint density at radius 2 is 1.77 bits per heavy atom. The molecule has 12 nitrogen and oxygen atoms in total. The van der Waals surface area contributed by atoms with E-state index in [2.05, 4.69) is 20.9 Å². The number of fused-ring (bicyclic) bond motifs is 1. The van der Waals surface area contributed by atoms with E-state index in [1.165, 1.54) is 11.8 Å². The fourth-order valence-electron chi connectivity index (χ4n) is 3.30. The molecule has 1 heterocycles. The van der Waals surface area contributed by atoms with Crippen LogP contribution in [0.1, 0.15) is 18.4 Å². The molecule has 3 atom stereocenters. The largest absolute Gasteiger partial charge is 0.481 e. The molecule has 190 valence electrons. The third-order valence-corrected chi connectivity index (χ3v) is 5.78. The van der Waals surface area contributed by atoms with Crippen LogP contribution in [0.5, 0.6) is 0 Å². The van der Waals surface area contributed by atoms with Crippen LogP contribution < -0.4 is 21.7 Å². The molecule has 0 saturated heterocycles. The van der Waals surface area contributed by atoms with E-state index in [-0.39, 0.29) is 6.42 Å². The van der Waals surface area contributed by atoms with E-state index in [1.807, 2.05) is 30.5 Å². The second-order valence-corrected chi connectivity index (χ2v) is 8.77. The molecular weight excluding hydrogens is 478 g/mol. The van der Waals surface area contributed by atoms with Gasteiger partial charge >= 0.3 is 11.9 Å². The molecule has 0 fully saturated rings. The summed E-state index contributed by atoms with van der Waals surface area (Å²) in [6, 6.07) is 3.68. The lowest BCUT2D eigenvalue weighted by molar-refractivity contribution is -0.142. The first-order valence-electron chi connectivity index (χ1n) is 10.7. The van der Waals surface area contributed by atoms with Crippen molar-refractivity contribution >= 4 is 52.3 Å². The molecule has 3 amide bonds. The van der Waals surface area contributed by atoms with E-state index in [9.17, 15) is 29.1 Å². The molecule has 0 aliphatic rings. The number of aromatic nitrogens is 1. The molecule has 8 N–H and O–H groups in total. The van der Waals surface area contributed by atoms with E-state index in [0.717, 1.165) is 10.9 Å². The number of benzene rings is 1. The minimum Gasteiger partial charge on any atom is -0.481 e. The number of carboxylic acid groups (broad SMARTS) is 2. The van der Waals surface area contributed by atoms with Crippen molar-refractivity contribution in [1.82, 2.24) is 20.9 Å². The average Bonchev–Trinajstić information content (AvgIpc) is 3.22. The molecule has 0 radical (unpaired) electrons. The number of thioether (sulfide) groups is 1. The van der Waals surface area contributed by atoms with E-state index in [1.54, 1.807) is 6.20 Å². The number of amides is 3. The number of para-hydroxylation sites is 1. The van der Waals surface area contributed by atoms with Crippen molar-refractivity contribution in [2.45, 2.75) is 37.4 Å². The van der Waals surface area contributed by atoms with Gasteiger partial charge in [0.1, 0.15) is 12.1 Å². The number of carbonyl (C=O) groups is 5. The highest BCUT2D eigenvalue weighted by atomic mass is 32.2. The Kier molecular flexibility index (Phi) is 10.5. The summed E-state index contributed by atoms with van der Waals surface area (Å²) in [6.45, 7) is -0.610. The van der Waals surface area contributed by atoms with Gasteiger partial charge in [-0.15, -0.1) is 0 Å². The van der Waals surface area contributed by atoms with Crippen LogP contribution in [0.4, 0.5) is 0 Å². The predicted molar refractivity (Wildman–Crippen MR) is 130 cm³/mol. The fourth-order valence-corrected chi connectivity index (χ4v) is 3.78. The van der Waals surface area contributed by atoms with Crippen LogP contribution in [-0.4, -0.2) is 81.5 Å². The Bertz CT molecular complexity index is 1070. The van der Waals surface area contributed by atoms with E-state index in [0.29, 0.717) is 17.7 Å². The maximum atomic E-state index is 12.4. The molecule has 2 aromatic rings. The smallest absolute Gasteiger partial charge is 0.326 e. The monoisotopic (exact) mass is 507 g/mol. The minimum absolute atomic E-state index is 0.00463. The third-order valence-electron chi connectivity index (χ3n) is 5.14. The van der Waals surface area contributed by atoms with Gasteiger partial charge in [0.2, 0.25) is 17.7 Å². The van der Waals surface area contributed by atoms with Gasteiger partial charge in [0.25, 0.3) is 0 Å². The van der Waals surface area contributed by atoms with Crippen LogP contribution >= 0.6 is 11.8 Å². The zero-order chi connectivity index (χ0) is 26.0. The first kappa shape index (κ1) is 27.7. The second kappa shape index (κ2) is 13.3. The highest BCUT2D eigenvalue weighted by Crippen LogP contribution is 2.19. The normalized spacial score (nSPS) is 13.4. The van der Waals surface area contributed by atoms with E-state index in [4.69, 9.17) is 10.8 Å². The number of rotatable bonds is 14. The molecular formula is C22H29N5O7S. The third kappa shape index (κ3) is 8.61. The van der Waals surface area contributed by atoms with Gasteiger partial charge in [-0.1, -0.05) is 18.2 Å². The lowest BCUT2D eigenvalue weighted by atomic mass is 10.0. The summed E-state index contributed by atoms with van der Waals surface area (Å²) >= 11 is 1.48. The van der Waals surface area contributed by atoms with Crippen LogP contribution in [0.2, 0.25) is 0 Å². The number of aliphatic carboxylic acids is 2. The van der Waals surface area contributed by atoms with Crippen molar-refractivity contribution in [2.75, 3.05) is 18.6 Å². The number of nitrogens with one attached hydrogen (secondary N) is 4. The van der Waals surface area contributed by atoms with Gasteiger partial charge in [0.15, 0.2) is 0 Å². The van der Waals surface area contributed by atoms with Crippen molar-refractivity contribution in [3.8, 4) is 0 Å². The van der Waals surface area contributed by atoms with Gasteiger partial charge in [0, 0.05) is 23.5 Å². The summed E-state index contributed by atoms with van der Waals surface area (Å²) in [4.78, 5) is 62.8. The molecule has 1 aromatic heterocycles. The maximum Gasteiger partial charge on any atom is 0.326 e. The van der Waals surface area contributed by atoms with Crippen molar-refractivity contribution in [2.24, 2.45) is 5.73 Å². The van der Waals surface area contributed by atoms with Gasteiger partial charge in [-0.25, -0.2) is 4.79 Å². The van der Waals surface area contributed by atoms with Gasteiger partial charge in [-0.2, -0.15) is 11.8 Å². The number of aromatic amines is 1. The Morgan fingerprint density at radius 1 is 1.06 bits per heavy atom. The lowest BCUT2D eigenvalue weighted by Crippen LogP contribution is -2.54. The second-order valence-electron chi connectivity index (χ2n) is 7.79. The number of hydrogen-bond acceptors (Lipinski definition) is 7. The molecule has 0 saturated carbocycles. The van der Waals surface area contributed by atoms with Crippen molar-refractivity contribution < 1.29 is 34.2 Å². The SMILES string of the molecule is CSCCC(N)C(=O)NC(CC(=O)O)C(=O)NCC(=O)NC(Cc1c[nH]c2ccccc12)C(=O)O. The molecule has 0 bridgehead atoms. The number of H-pyrrole nitrogens is 1. The number of carboxylic acids is 2. The van der Waals surface area contributed by atoms with Crippen LogP contribution in [0.15, 0.2) is 30.5 Å². The molecule has 3 unspecified atom stereocenters. The van der Waals surface area contributed by atoms with Crippen LogP contribution in [0.3, 0.4) is 0 Å². The van der Waals surface area contributed by atoms with E-state index < -0.39 is 60.8 Å². The fraction of sp³-hybridized carbons (Fsp3) is 0.409. The summed E-state index contributed by atoms with van der Waals surface area (Å²) < 4.78 is 0. The maximum absolute atomic E-state index is 12.4. The summed E-state index contributed by atoms with van der Waals surface area (Å²) in [5, 5.41) is 26.3. The molecule has 0 aliphatic carbocycles. The topological polar surface area (TPSA) is 204 Å². The minimum atomic E-state index is -1.45. The number of hydrogen-bond donors (Lipinski definition) is 7. The zero-order valence-corrected chi connectivity index (χ0v) is 19.9. The number of carbonyl (C=O) groups excluding carboxylic acids is 3. The zero-order valence-electron chi connectivity index (χ0n) is 19.1. The first-order chi connectivity index (χ1) is 16.6. The van der Waals surface area contributed by atoms with Crippen LogP contribution in [0.25, 0.3) is 10.9 Å². The summed E-state index contributed by atoms with van der Waals surface area (Å²) in [5.41, 5.74) is 7.27. The van der Waals surface area contributed by atoms with Gasteiger partial charge in [0.05, 0.1) is 19.0 Å². The lowest BCUT2D eigenvalue weighted by Gasteiger charge is -2.20. The Labute approximate surface area is 205 Å². The van der Waals surface area contributed by atoms with Crippen molar-refractivity contribution in [3.63, 3.8) is 0 Å². The number of nitrogens with two attached hydrogens (primary N) is 1. The standard InChI is InChI=1S/C22H29N5O7S/c1-35-7-6-14(23)20(31)27-16(9-19(29)30)21(32)25-11-18(28)26-17(22(33)34)8-12-10-24-15-5-3-2-4-13(12)15/h2-5,10,14,16-17,24H,6-9,11,23H2,1H3,(H,25,32)(H,26,28)(H,27,31)(H,29,30)(H,33,34). The summed E-state index contributed by atoms with van der Waals surface area (Å²) in [5.74, 6) is -4.37. The van der Waals surface area contributed by atoms with Crippen molar-refractivity contribution in [3.05, 3.63) is 36.0 Å². The molecule has 0 aliphatic heterocycles. The van der Waals surface area contributed by atoms with Gasteiger partial charge < -0.3 is 36.9 Å². The van der Waals surface area contributed by atoms with Gasteiger partial charge in [-0.05, 0) is 30.1 Å². The van der Waals surface area contributed by atoms with E-state index >= 15 is 0 Å². The Balaban J connectivity index is 1.95. The van der Waals surface area contributed by atoms with Gasteiger partial charge in [-0.3, -0.25) is 19.2 Å². The highest BCUT2D eigenvalue weighted by molar-refractivity contribution is 7.98. The average molecular weight is 508 g/mol. The van der Waals surface area contributed by atoms with Crippen LogP contribution in [-0.2, 0) is 30.4 Å². The first-order valence-corrected chi connectivity index (χ1v) is 12.1.